The minimum atomic E-state index is -0.0552. The molecule has 1 fully saturated rings. The van der Waals surface area contributed by atoms with Crippen LogP contribution in [0.4, 0.5) is 0 Å². The SMILES string of the molecule is CN=C(NCCc1ccco1)N1CCN(C(=O)c2ccco2)CC1.I. The fourth-order valence-corrected chi connectivity index (χ4v) is 2.76. The molecular weight excluding hydrogens is 435 g/mol. The van der Waals surface area contributed by atoms with Gasteiger partial charge in [0, 0.05) is 46.2 Å². The van der Waals surface area contributed by atoms with E-state index in [9.17, 15) is 4.79 Å². The lowest BCUT2D eigenvalue weighted by atomic mass is 10.3. The van der Waals surface area contributed by atoms with Gasteiger partial charge < -0.3 is 24.0 Å². The summed E-state index contributed by atoms with van der Waals surface area (Å²) in [6.07, 6.45) is 4.01. The van der Waals surface area contributed by atoms with Crippen LogP contribution in [0.3, 0.4) is 0 Å². The summed E-state index contributed by atoms with van der Waals surface area (Å²) in [5, 5.41) is 3.34. The smallest absolute Gasteiger partial charge is 0.289 e. The summed E-state index contributed by atoms with van der Waals surface area (Å²) >= 11 is 0. The summed E-state index contributed by atoms with van der Waals surface area (Å²) in [7, 11) is 1.77. The second kappa shape index (κ2) is 9.50. The van der Waals surface area contributed by atoms with Crippen molar-refractivity contribution >= 4 is 35.8 Å². The standard InChI is InChI=1S/C17H22N4O3.HI/c1-18-17(19-7-6-14-4-2-12-23-14)21-10-8-20(9-11-21)16(22)15-5-3-13-24-15;/h2-5,12-13H,6-11H2,1H3,(H,18,19);1H. The first-order valence-corrected chi connectivity index (χ1v) is 8.08. The van der Waals surface area contributed by atoms with E-state index in [0.29, 0.717) is 18.8 Å². The van der Waals surface area contributed by atoms with E-state index in [4.69, 9.17) is 8.83 Å². The first kappa shape index (κ1) is 19.4. The number of nitrogens with zero attached hydrogens (tertiary/aromatic N) is 3. The van der Waals surface area contributed by atoms with E-state index in [2.05, 4.69) is 15.2 Å². The van der Waals surface area contributed by atoms with Crippen molar-refractivity contribution in [3.05, 3.63) is 48.3 Å². The van der Waals surface area contributed by atoms with Crippen LogP contribution in [0.5, 0.6) is 0 Å². The molecule has 0 spiro atoms. The quantitative estimate of drug-likeness (QED) is 0.432. The average molecular weight is 458 g/mol. The lowest BCUT2D eigenvalue weighted by Crippen LogP contribution is -2.53. The topological polar surface area (TPSA) is 74.2 Å². The lowest BCUT2D eigenvalue weighted by Gasteiger charge is -2.36. The highest BCUT2D eigenvalue weighted by Crippen LogP contribution is 2.09. The molecule has 1 saturated heterocycles. The van der Waals surface area contributed by atoms with Crippen LogP contribution in [0, 0.1) is 0 Å². The van der Waals surface area contributed by atoms with Gasteiger partial charge in [-0.15, -0.1) is 24.0 Å². The maximum absolute atomic E-state index is 12.3. The number of carbonyl (C=O) groups is 1. The van der Waals surface area contributed by atoms with Crippen molar-refractivity contribution in [1.29, 1.82) is 0 Å². The maximum atomic E-state index is 12.3. The van der Waals surface area contributed by atoms with Crippen molar-refractivity contribution in [3.8, 4) is 0 Å². The summed E-state index contributed by atoms with van der Waals surface area (Å²) in [6.45, 7) is 3.54. The molecule has 0 aromatic carbocycles. The number of piperazine rings is 1. The normalized spacial score (nSPS) is 15.0. The first-order chi connectivity index (χ1) is 11.8. The molecule has 0 saturated carbocycles. The molecular formula is C17H23IN4O3. The molecule has 2 aromatic rings. The summed E-state index contributed by atoms with van der Waals surface area (Å²) in [5.41, 5.74) is 0. The Morgan fingerprint density at radius 2 is 1.80 bits per heavy atom. The summed E-state index contributed by atoms with van der Waals surface area (Å²) < 4.78 is 10.5. The minimum absolute atomic E-state index is 0. The van der Waals surface area contributed by atoms with Gasteiger partial charge in [-0.3, -0.25) is 9.79 Å². The van der Waals surface area contributed by atoms with Crippen LogP contribution in [0.2, 0.25) is 0 Å². The zero-order valence-electron chi connectivity index (χ0n) is 14.2. The Kier molecular flexibility index (Phi) is 7.35. The van der Waals surface area contributed by atoms with Crippen molar-refractivity contribution < 1.29 is 13.6 Å². The second-order valence-electron chi connectivity index (χ2n) is 5.56. The van der Waals surface area contributed by atoms with Crippen LogP contribution in [-0.4, -0.2) is 61.4 Å². The average Bonchev–Trinajstić information content (AvgIpc) is 3.32. The van der Waals surface area contributed by atoms with Gasteiger partial charge in [-0.05, 0) is 24.3 Å². The Bertz CT molecular complexity index is 662. The van der Waals surface area contributed by atoms with E-state index in [1.807, 2.05) is 17.0 Å². The molecule has 0 bridgehead atoms. The van der Waals surface area contributed by atoms with E-state index in [1.54, 1.807) is 25.4 Å². The van der Waals surface area contributed by atoms with E-state index in [-0.39, 0.29) is 29.9 Å². The van der Waals surface area contributed by atoms with Gasteiger partial charge in [0.1, 0.15) is 5.76 Å². The number of hydrogen-bond donors (Lipinski definition) is 1. The molecule has 1 amide bonds. The van der Waals surface area contributed by atoms with Gasteiger partial charge in [-0.1, -0.05) is 0 Å². The number of halogens is 1. The zero-order chi connectivity index (χ0) is 16.8. The van der Waals surface area contributed by atoms with Gasteiger partial charge in [-0.25, -0.2) is 0 Å². The number of amides is 1. The third kappa shape index (κ3) is 5.00. The summed E-state index contributed by atoms with van der Waals surface area (Å²) in [4.78, 5) is 20.6. The molecule has 3 heterocycles. The highest BCUT2D eigenvalue weighted by Gasteiger charge is 2.24. The molecule has 1 aliphatic heterocycles. The van der Waals surface area contributed by atoms with Crippen LogP contribution in [0.1, 0.15) is 16.3 Å². The van der Waals surface area contributed by atoms with E-state index < -0.39 is 0 Å². The van der Waals surface area contributed by atoms with Crippen LogP contribution in [0.15, 0.2) is 50.6 Å². The lowest BCUT2D eigenvalue weighted by molar-refractivity contribution is 0.0657. The number of guanidine groups is 1. The molecule has 3 rings (SSSR count). The first-order valence-electron chi connectivity index (χ1n) is 8.08. The maximum Gasteiger partial charge on any atom is 0.289 e. The van der Waals surface area contributed by atoms with Crippen LogP contribution in [-0.2, 0) is 6.42 Å². The van der Waals surface area contributed by atoms with Crippen molar-refractivity contribution in [2.24, 2.45) is 4.99 Å². The minimum Gasteiger partial charge on any atom is -0.469 e. The van der Waals surface area contributed by atoms with E-state index >= 15 is 0 Å². The van der Waals surface area contributed by atoms with Crippen molar-refractivity contribution in [3.63, 3.8) is 0 Å². The number of nitrogens with one attached hydrogen (secondary N) is 1. The number of carbonyl (C=O) groups excluding carboxylic acids is 1. The zero-order valence-corrected chi connectivity index (χ0v) is 16.5. The predicted molar refractivity (Wildman–Crippen MR) is 105 cm³/mol. The number of aliphatic imine (C=N–C) groups is 1. The Labute approximate surface area is 164 Å². The molecule has 2 aromatic heterocycles. The Morgan fingerprint density at radius 3 is 2.40 bits per heavy atom. The third-order valence-electron chi connectivity index (χ3n) is 4.04. The van der Waals surface area contributed by atoms with Gasteiger partial charge in [0.05, 0.1) is 12.5 Å². The monoisotopic (exact) mass is 458 g/mol. The second-order valence-corrected chi connectivity index (χ2v) is 5.56. The largest absolute Gasteiger partial charge is 0.469 e. The van der Waals surface area contributed by atoms with Gasteiger partial charge >= 0.3 is 0 Å². The fraction of sp³-hybridized carbons (Fsp3) is 0.412. The molecule has 25 heavy (non-hydrogen) atoms. The molecule has 8 heteroatoms. The van der Waals surface area contributed by atoms with Gasteiger partial charge in [0.15, 0.2) is 11.7 Å². The third-order valence-corrected chi connectivity index (χ3v) is 4.04. The fourth-order valence-electron chi connectivity index (χ4n) is 2.76. The number of rotatable bonds is 4. The summed E-state index contributed by atoms with van der Waals surface area (Å²) in [5.74, 6) is 2.14. The molecule has 0 aliphatic carbocycles. The van der Waals surface area contributed by atoms with E-state index in [1.165, 1.54) is 6.26 Å². The molecule has 136 valence electrons. The Hall–Kier alpha value is -1.97. The molecule has 0 atom stereocenters. The van der Waals surface area contributed by atoms with E-state index in [0.717, 1.165) is 37.8 Å². The number of furan rings is 2. The highest BCUT2D eigenvalue weighted by atomic mass is 127. The molecule has 7 nitrogen and oxygen atoms in total. The highest BCUT2D eigenvalue weighted by molar-refractivity contribution is 14.0. The molecule has 1 N–H and O–H groups in total. The Morgan fingerprint density at radius 1 is 1.12 bits per heavy atom. The van der Waals surface area contributed by atoms with Crippen LogP contribution in [0.25, 0.3) is 0 Å². The van der Waals surface area contributed by atoms with Crippen LogP contribution < -0.4 is 5.32 Å². The van der Waals surface area contributed by atoms with Gasteiger partial charge in [0.2, 0.25) is 0 Å². The summed E-state index contributed by atoms with van der Waals surface area (Å²) in [6, 6.07) is 7.28. The predicted octanol–water partition coefficient (Wildman–Crippen LogP) is 2.07. The molecule has 0 radical (unpaired) electrons. The van der Waals surface area contributed by atoms with Gasteiger partial charge in [-0.2, -0.15) is 0 Å². The van der Waals surface area contributed by atoms with Crippen molar-refractivity contribution in [2.45, 2.75) is 6.42 Å². The molecule has 1 aliphatic rings. The van der Waals surface area contributed by atoms with Gasteiger partial charge in [0.25, 0.3) is 5.91 Å². The molecule has 0 unspecified atom stereocenters. The van der Waals surface area contributed by atoms with Crippen LogP contribution >= 0.6 is 24.0 Å². The number of hydrogen-bond acceptors (Lipinski definition) is 4. The Balaban J connectivity index is 0.00000225. The van der Waals surface area contributed by atoms with Crippen molar-refractivity contribution in [1.82, 2.24) is 15.1 Å². The van der Waals surface area contributed by atoms with Crippen molar-refractivity contribution in [2.75, 3.05) is 39.8 Å².